The average molecular weight is 258 g/mol. The number of rotatable bonds is 3. The zero-order valence-electron chi connectivity index (χ0n) is 14.4. The van der Waals surface area contributed by atoms with Crippen LogP contribution in [0, 0.1) is 16.7 Å². The molecule has 0 heterocycles. The van der Waals surface area contributed by atoms with E-state index in [0.29, 0.717) is 5.92 Å². The largest absolute Gasteiger partial charge is 0.459 e. The van der Waals surface area contributed by atoms with Gasteiger partial charge in [0.1, 0.15) is 5.60 Å². The fraction of sp³-hybridized carbons (Fsp3) is 0.938. The van der Waals surface area contributed by atoms with Crippen molar-refractivity contribution in [3.05, 3.63) is 0 Å². The minimum absolute atomic E-state index is 0.100. The first-order valence-corrected chi connectivity index (χ1v) is 7.06. The Morgan fingerprint density at radius 2 is 1.22 bits per heavy atom. The summed E-state index contributed by atoms with van der Waals surface area (Å²) in [6.45, 7) is 22.2. The first-order valence-electron chi connectivity index (χ1n) is 7.06. The Bertz CT molecular complexity index is 255. The highest BCUT2D eigenvalue weighted by atomic mass is 16.6. The van der Waals surface area contributed by atoms with Gasteiger partial charge in [-0.2, -0.15) is 0 Å². The first kappa shape index (κ1) is 19.8. The van der Waals surface area contributed by atoms with E-state index in [1.54, 1.807) is 0 Å². The number of ether oxygens (including phenoxy) is 1. The van der Waals surface area contributed by atoms with Crippen LogP contribution >= 0.6 is 0 Å². The molecule has 0 unspecified atom stereocenters. The second-order valence-electron chi connectivity index (χ2n) is 7.02. The van der Waals surface area contributed by atoms with Crippen molar-refractivity contribution in [2.75, 3.05) is 0 Å². The number of hydrogen-bond acceptors (Lipinski definition) is 2. The highest BCUT2D eigenvalue weighted by molar-refractivity contribution is 5.77. The number of esters is 1. The molecule has 0 radical (unpaired) electrons. The van der Waals surface area contributed by atoms with Crippen LogP contribution < -0.4 is 0 Å². The van der Waals surface area contributed by atoms with Crippen molar-refractivity contribution in [1.82, 2.24) is 0 Å². The zero-order chi connectivity index (χ0) is 15.4. The van der Waals surface area contributed by atoms with E-state index < -0.39 is 11.0 Å². The topological polar surface area (TPSA) is 26.3 Å². The summed E-state index contributed by atoms with van der Waals surface area (Å²) in [4.78, 5) is 12.2. The van der Waals surface area contributed by atoms with Gasteiger partial charge in [-0.1, -0.05) is 48.5 Å². The van der Waals surface area contributed by atoms with Gasteiger partial charge in [0.2, 0.25) is 0 Å². The van der Waals surface area contributed by atoms with Crippen LogP contribution in [0.25, 0.3) is 0 Å². The maximum atomic E-state index is 12.2. The third-order valence-electron chi connectivity index (χ3n) is 4.13. The van der Waals surface area contributed by atoms with E-state index in [1.807, 2.05) is 41.5 Å². The fourth-order valence-corrected chi connectivity index (χ4v) is 0.791. The van der Waals surface area contributed by atoms with Gasteiger partial charge in [-0.25, -0.2) is 0 Å². The molecule has 0 spiro atoms. The van der Waals surface area contributed by atoms with Crippen LogP contribution in [0.5, 0.6) is 0 Å². The van der Waals surface area contributed by atoms with Crippen LogP contribution in [-0.4, -0.2) is 11.6 Å². The van der Waals surface area contributed by atoms with Crippen molar-refractivity contribution in [2.45, 2.75) is 81.8 Å². The summed E-state index contributed by atoms with van der Waals surface area (Å²) >= 11 is 0. The summed E-state index contributed by atoms with van der Waals surface area (Å²) in [6.07, 6.45) is 0. The SMILES string of the molecule is CC.CC(C)C(C)(C)OC(=O)C(C)(C)C(C)(C)C. The average Bonchev–Trinajstić information content (AvgIpc) is 2.18. The van der Waals surface area contributed by atoms with Crippen LogP contribution in [-0.2, 0) is 9.53 Å². The molecule has 0 aromatic rings. The van der Waals surface area contributed by atoms with Crippen molar-refractivity contribution in [3.63, 3.8) is 0 Å². The first-order chi connectivity index (χ1) is 7.82. The van der Waals surface area contributed by atoms with E-state index in [-0.39, 0.29) is 11.4 Å². The Labute approximate surface area is 114 Å². The third kappa shape index (κ3) is 4.99. The molecule has 110 valence electrons. The molecule has 0 aromatic carbocycles. The highest BCUT2D eigenvalue weighted by Crippen LogP contribution is 2.40. The van der Waals surface area contributed by atoms with Gasteiger partial charge in [0.15, 0.2) is 0 Å². The molecule has 18 heavy (non-hydrogen) atoms. The van der Waals surface area contributed by atoms with Gasteiger partial charge in [-0.3, -0.25) is 4.79 Å². The number of carbonyl (C=O) groups is 1. The summed E-state index contributed by atoms with van der Waals surface area (Å²) in [5.41, 5.74) is -0.976. The van der Waals surface area contributed by atoms with Crippen molar-refractivity contribution in [2.24, 2.45) is 16.7 Å². The van der Waals surface area contributed by atoms with E-state index >= 15 is 0 Å². The predicted molar refractivity (Wildman–Crippen MR) is 79.6 cm³/mol. The molecule has 2 nitrogen and oxygen atoms in total. The van der Waals surface area contributed by atoms with Crippen molar-refractivity contribution in [1.29, 1.82) is 0 Å². The normalized spacial score (nSPS) is 12.9. The minimum atomic E-state index is -0.473. The highest BCUT2D eigenvalue weighted by Gasteiger charge is 2.43. The van der Waals surface area contributed by atoms with E-state index in [2.05, 4.69) is 34.6 Å². The van der Waals surface area contributed by atoms with Crippen LogP contribution in [0.1, 0.15) is 76.2 Å². The molecular formula is C16H34O2. The van der Waals surface area contributed by atoms with E-state index in [9.17, 15) is 4.79 Å². The molecule has 0 aromatic heterocycles. The molecule has 0 saturated heterocycles. The summed E-state index contributed by atoms with van der Waals surface area (Å²) in [7, 11) is 0. The lowest BCUT2D eigenvalue weighted by Crippen LogP contribution is -2.44. The fourth-order valence-electron chi connectivity index (χ4n) is 0.791. The molecule has 0 saturated carbocycles. The van der Waals surface area contributed by atoms with E-state index in [1.165, 1.54) is 0 Å². The van der Waals surface area contributed by atoms with Crippen LogP contribution in [0.4, 0.5) is 0 Å². The van der Waals surface area contributed by atoms with Crippen molar-refractivity contribution in [3.8, 4) is 0 Å². The molecule has 0 aliphatic carbocycles. The van der Waals surface area contributed by atoms with Crippen LogP contribution in [0.3, 0.4) is 0 Å². The number of hydrogen-bond donors (Lipinski definition) is 0. The molecule has 0 amide bonds. The maximum Gasteiger partial charge on any atom is 0.312 e. The van der Waals surface area contributed by atoms with Crippen molar-refractivity contribution < 1.29 is 9.53 Å². The van der Waals surface area contributed by atoms with Crippen molar-refractivity contribution >= 4 is 5.97 Å². The minimum Gasteiger partial charge on any atom is -0.459 e. The number of carbonyl (C=O) groups excluding carboxylic acids is 1. The molecule has 0 aliphatic rings. The maximum absolute atomic E-state index is 12.2. The van der Waals surface area contributed by atoms with E-state index in [4.69, 9.17) is 4.74 Å². The molecule has 0 N–H and O–H groups in total. The van der Waals surface area contributed by atoms with Gasteiger partial charge in [-0.15, -0.1) is 0 Å². The van der Waals surface area contributed by atoms with Gasteiger partial charge >= 0.3 is 5.97 Å². The lowest BCUT2D eigenvalue weighted by atomic mass is 9.69. The molecule has 0 rings (SSSR count). The Balaban J connectivity index is 0. The third-order valence-corrected chi connectivity index (χ3v) is 4.13. The second kappa shape index (κ2) is 6.58. The zero-order valence-corrected chi connectivity index (χ0v) is 14.4. The predicted octanol–water partition coefficient (Wildman–Crippen LogP) is 5.06. The summed E-state index contributed by atoms with van der Waals surface area (Å²) in [5.74, 6) is 0.200. The molecule has 0 fully saturated rings. The monoisotopic (exact) mass is 258 g/mol. The molecule has 0 atom stereocenters. The summed E-state index contributed by atoms with van der Waals surface area (Å²) < 4.78 is 5.65. The van der Waals surface area contributed by atoms with Gasteiger partial charge in [0.25, 0.3) is 0 Å². The lowest BCUT2D eigenvalue weighted by molar-refractivity contribution is -0.177. The smallest absolute Gasteiger partial charge is 0.312 e. The second-order valence-corrected chi connectivity index (χ2v) is 7.02. The Kier molecular flexibility index (Phi) is 7.24. The molecule has 0 aliphatic heterocycles. The van der Waals surface area contributed by atoms with E-state index in [0.717, 1.165) is 0 Å². The molecule has 0 bridgehead atoms. The Morgan fingerprint density at radius 3 is 1.44 bits per heavy atom. The Hall–Kier alpha value is -0.530. The molecule has 2 heteroatoms. The molecular weight excluding hydrogens is 224 g/mol. The lowest BCUT2D eigenvalue weighted by Gasteiger charge is -2.40. The van der Waals surface area contributed by atoms with Gasteiger partial charge in [0, 0.05) is 0 Å². The van der Waals surface area contributed by atoms with Crippen LogP contribution in [0.15, 0.2) is 0 Å². The Morgan fingerprint density at radius 1 is 0.889 bits per heavy atom. The standard InChI is InChI=1S/C14H28O2.C2H6/c1-10(2)14(8,9)16-11(15)13(6,7)12(3,4)5;1-2/h10H,1-9H3;1-2H3. The summed E-state index contributed by atoms with van der Waals surface area (Å²) in [5, 5.41) is 0. The van der Waals surface area contributed by atoms with Crippen LogP contribution in [0.2, 0.25) is 0 Å². The van der Waals surface area contributed by atoms with Gasteiger partial charge in [0.05, 0.1) is 5.41 Å². The van der Waals surface area contributed by atoms with Gasteiger partial charge in [-0.05, 0) is 39.0 Å². The quantitative estimate of drug-likeness (QED) is 0.661. The van der Waals surface area contributed by atoms with Gasteiger partial charge < -0.3 is 4.74 Å². The summed E-state index contributed by atoms with van der Waals surface area (Å²) in [6, 6.07) is 0.